The number of hydrogen-bond donors (Lipinski definition) is 6. The number of nitrogens with zero attached hydrogens (tertiary/aromatic N) is 1. The van der Waals surface area contributed by atoms with Gasteiger partial charge in [0.2, 0.25) is 11.8 Å². The number of rotatable bonds is 11. The van der Waals surface area contributed by atoms with Gasteiger partial charge in [0.25, 0.3) is 10.1 Å². The number of nitrogens with two attached hydrogens (primary N) is 2. The lowest BCUT2D eigenvalue weighted by molar-refractivity contribution is -0.141. The lowest BCUT2D eigenvalue weighted by Crippen LogP contribution is -2.46. The zero-order valence-electron chi connectivity index (χ0n) is 12.8. The van der Waals surface area contributed by atoms with Gasteiger partial charge in [-0.15, -0.1) is 0 Å². The molecule has 0 heterocycles. The average Bonchev–Trinajstić information content (AvgIpc) is 2.41. The van der Waals surface area contributed by atoms with E-state index in [1.807, 2.05) is 5.32 Å². The molecule has 1 atom stereocenters. The van der Waals surface area contributed by atoms with Gasteiger partial charge in [0.1, 0.15) is 6.04 Å². The van der Waals surface area contributed by atoms with Gasteiger partial charge < -0.3 is 27.2 Å². The Hall–Kier alpha value is -2.41. The quantitative estimate of drug-likeness (QED) is 0.0948. The van der Waals surface area contributed by atoms with E-state index in [0.717, 1.165) is 0 Å². The molecule has 0 aromatic rings. The first-order valence-electron chi connectivity index (χ1n) is 6.80. The van der Waals surface area contributed by atoms with Crippen LogP contribution in [0.3, 0.4) is 0 Å². The number of carbonyl (C=O) groups excluding carboxylic acids is 2. The van der Waals surface area contributed by atoms with E-state index in [4.69, 9.17) is 21.1 Å². The van der Waals surface area contributed by atoms with Crippen molar-refractivity contribution in [1.82, 2.24) is 10.6 Å². The van der Waals surface area contributed by atoms with Crippen LogP contribution in [-0.4, -0.2) is 66.7 Å². The number of aliphatic carboxylic acids is 1. The van der Waals surface area contributed by atoms with Crippen LogP contribution in [0.25, 0.3) is 0 Å². The highest BCUT2D eigenvalue weighted by atomic mass is 32.2. The molecule has 138 valence electrons. The van der Waals surface area contributed by atoms with Crippen molar-refractivity contribution < 1.29 is 32.5 Å². The SMILES string of the molecule is NC(N)=NCCCCC(NC(=O)CNC(=O)CS(=O)(=O)O)C(=O)O. The van der Waals surface area contributed by atoms with Crippen LogP contribution < -0.4 is 22.1 Å². The van der Waals surface area contributed by atoms with E-state index in [9.17, 15) is 22.8 Å². The predicted molar refractivity (Wildman–Crippen MR) is 83.5 cm³/mol. The van der Waals surface area contributed by atoms with E-state index < -0.39 is 46.2 Å². The van der Waals surface area contributed by atoms with Crippen molar-refractivity contribution in [2.24, 2.45) is 16.5 Å². The molecule has 0 aliphatic heterocycles. The Morgan fingerprint density at radius 2 is 1.75 bits per heavy atom. The molecule has 0 saturated heterocycles. The zero-order valence-corrected chi connectivity index (χ0v) is 13.6. The maximum absolute atomic E-state index is 11.6. The zero-order chi connectivity index (χ0) is 18.8. The van der Waals surface area contributed by atoms with Crippen LogP contribution >= 0.6 is 0 Å². The third kappa shape index (κ3) is 12.2. The second kappa shape index (κ2) is 10.4. The molecule has 0 radical (unpaired) electrons. The molecular formula is C11H21N5O7S. The number of guanidine groups is 1. The fourth-order valence-corrected chi connectivity index (χ4v) is 2.00. The normalized spacial score (nSPS) is 12.0. The van der Waals surface area contributed by atoms with Crippen molar-refractivity contribution in [3.8, 4) is 0 Å². The van der Waals surface area contributed by atoms with Gasteiger partial charge in [0.05, 0.1) is 6.54 Å². The molecule has 0 fully saturated rings. The summed E-state index contributed by atoms with van der Waals surface area (Å²) >= 11 is 0. The number of unbranched alkanes of at least 4 members (excludes halogenated alkanes) is 1. The van der Waals surface area contributed by atoms with E-state index in [1.54, 1.807) is 0 Å². The van der Waals surface area contributed by atoms with E-state index in [1.165, 1.54) is 0 Å². The van der Waals surface area contributed by atoms with Crippen molar-refractivity contribution in [2.45, 2.75) is 25.3 Å². The Labute approximate surface area is 138 Å². The van der Waals surface area contributed by atoms with Gasteiger partial charge in [0, 0.05) is 6.54 Å². The lowest BCUT2D eigenvalue weighted by atomic mass is 10.1. The molecule has 12 nitrogen and oxygen atoms in total. The Morgan fingerprint density at radius 3 is 2.25 bits per heavy atom. The van der Waals surface area contributed by atoms with Gasteiger partial charge in [-0.25, -0.2) is 4.79 Å². The molecule has 0 rings (SSSR count). The molecule has 24 heavy (non-hydrogen) atoms. The largest absolute Gasteiger partial charge is 0.480 e. The maximum atomic E-state index is 11.6. The van der Waals surface area contributed by atoms with Gasteiger partial charge in [0.15, 0.2) is 11.7 Å². The highest BCUT2D eigenvalue weighted by Crippen LogP contribution is 2.02. The number of carbonyl (C=O) groups is 3. The Morgan fingerprint density at radius 1 is 1.12 bits per heavy atom. The van der Waals surface area contributed by atoms with Crippen LogP contribution in [0, 0.1) is 0 Å². The minimum Gasteiger partial charge on any atom is -0.480 e. The molecule has 0 aromatic carbocycles. The minimum atomic E-state index is -4.50. The summed E-state index contributed by atoms with van der Waals surface area (Å²) in [7, 11) is -4.50. The molecule has 0 aromatic heterocycles. The van der Waals surface area contributed by atoms with Crippen molar-refractivity contribution >= 4 is 33.9 Å². The number of carboxylic acids is 1. The third-order valence-corrected chi connectivity index (χ3v) is 3.22. The molecule has 1 unspecified atom stereocenters. The van der Waals surface area contributed by atoms with Gasteiger partial charge in [-0.1, -0.05) is 0 Å². The Bertz CT molecular complexity index is 586. The molecule has 0 aliphatic carbocycles. The summed E-state index contributed by atoms with van der Waals surface area (Å²) in [4.78, 5) is 37.4. The molecule has 8 N–H and O–H groups in total. The van der Waals surface area contributed by atoms with E-state index >= 15 is 0 Å². The number of carboxylic acid groups (broad SMARTS) is 1. The smallest absolute Gasteiger partial charge is 0.326 e. The fourth-order valence-electron chi connectivity index (χ4n) is 1.57. The molecule has 0 bridgehead atoms. The monoisotopic (exact) mass is 367 g/mol. The van der Waals surface area contributed by atoms with Crippen molar-refractivity contribution in [2.75, 3.05) is 18.8 Å². The van der Waals surface area contributed by atoms with E-state index in [-0.39, 0.29) is 12.4 Å². The molecule has 13 heteroatoms. The number of amides is 2. The molecule has 2 amide bonds. The molecule has 0 spiro atoms. The minimum absolute atomic E-state index is 0.0706. The summed E-state index contributed by atoms with van der Waals surface area (Å²) in [5.74, 6) is -4.41. The van der Waals surface area contributed by atoms with Crippen LogP contribution in [0.2, 0.25) is 0 Å². The van der Waals surface area contributed by atoms with Crippen LogP contribution in [0.1, 0.15) is 19.3 Å². The summed E-state index contributed by atoms with van der Waals surface area (Å²) in [6, 6.07) is -1.17. The second-order valence-corrected chi connectivity index (χ2v) is 6.22. The van der Waals surface area contributed by atoms with Crippen LogP contribution in [0.15, 0.2) is 4.99 Å². The highest BCUT2D eigenvalue weighted by Gasteiger charge is 2.20. The first kappa shape index (κ1) is 21.6. The van der Waals surface area contributed by atoms with Crippen molar-refractivity contribution in [3.05, 3.63) is 0 Å². The summed E-state index contributed by atoms with van der Waals surface area (Å²) in [5, 5.41) is 13.1. The molecule has 0 aliphatic rings. The highest BCUT2D eigenvalue weighted by molar-refractivity contribution is 7.86. The summed E-state index contributed by atoms with van der Waals surface area (Å²) < 4.78 is 29.4. The first-order valence-corrected chi connectivity index (χ1v) is 8.41. The van der Waals surface area contributed by atoms with Crippen molar-refractivity contribution in [3.63, 3.8) is 0 Å². The number of aliphatic imine (C=N–C) groups is 1. The van der Waals surface area contributed by atoms with Crippen LogP contribution in [0.5, 0.6) is 0 Å². The molecule has 0 saturated carbocycles. The van der Waals surface area contributed by atoms with E-state index in [0.29, 0.717) is 19.4 Å². The Kier molecular flexibility index (Phi) is 9.34. The second-order valence-electron chi connectivity index (χ2n) is 4.76. The van der Waals surface area contributed by atoms with Gasteiger partial charge in [-0.3, -0.25) is 19.1 Å². The third-order valence-electron chi connectivity index (χ3n) is 2.59. The van der Waals surface area contributed by atoms with Gasteiger partial charge >= 0.3 is 5.97 Å². The summed E-state index contributed by atoms with van der Waals surface area (Å²) in [5.41, 5.74) is 10.3. The maximum Gasteiger partial charge on any atom is 0.326 e. The fraction of sp³-hybridized carbons (Fsp3) is 0.636. The topological polar surface area (TPSA) is 214 Å². The van der Waals surface area contributed by atoms with Gasteiger partial charge in [-0.05, 0) is 19.3 Å². The number of hydrogen-bond acceptors (Lipinski definition) is 6. The predicted octanol–water partition coefficient (Wildman–Crippen LogP) is -3.00. The van der Waals surface area contributed by atoms with E-state index in [2.05, 4.69) is 10.3 Å². The first-order chi connectivity index (χ1) is 11.0. The summed E-state index contributed by atoms with van der Waals surface area (Å²) in [6.07, 6.45) is 1.08. The number of nitrogens with one attached hydrogen (secondary N) is 2. The lowest BCUT2D eigenvalue weighted by Gasteiger charge is -2.14. The molecular weight excluding hydrogens is 346 g/mol. The average molecular weight is 367 g/mol. The standard InChI is InChI=1S/C11H21N5O7S/c12-11(13)14-4-2-1-3-7(10(19)20)16-8(17)5-15-9(18)6-24(21,22)23/h7H,1-6H2,(H,15,18)(H,16,17)(H,19,20)(H4,12,13,14)(H,21,22,23). The van der Waals surface area contributed by atoms with Crippen LogP contribution in [-0.2, 0) is 24.5 Å². The van der Waals surface area contributed by atoms with Crippen LogP contribution in [0.4, 0.5) is 0 Å². The van der Waals surface area contributed by atoms with Gasteiger partial charge in [-0.2, -0.15) is 8.42 Å². The van der Waals surface area contributed by atoms with Crippen molar-refractivity contribution in [1.29, 1.82) is 0 Å². The Balaban J connectivity index is 4.22. The summed E-state index contributed by atoms with van der Waals surface area (Å²) in [6.45, 7) is -0.291.